The molecule has 1 aliphatic rings. The van der Waals surface area contributed by atoms with Crippen molar-refractivity contribution in [2.75, 3.05) is 7.05 Å². The Morgan fingerprint density at radius 2 is 1.94 bits per heavy atom. The minimum absolute atomic E-state index is 0.429. The van der Waals surface area contributed by atoms with E-state index in [9.17, 15) is 0 Å². The Bertz CT molecular complexity index is 431. The third-order valence-corrected chi connectivity index (χ3v) is 4.73. The largest absolute Gasteiger partial charge is 0.315 e. The molecule has 1 aromatic heterocycles. The van der Waals surface area contributed by atoms with Gasteiger partial charge in [-0.2, -0.15) is 5.10 Å². The van der Waals surface area contributed by atoms with E-state index in [1.807, 2.05) is 0 Å². The molecule has 1 aliphatic carbocycles. The fourth-order valence-electron chi connectivity index (χ4n) is 3.21. The number of rotatable bonds is 2. The molecular formula is C15H27N3. The highest BCUT2D eigenvalue weighted by Crippen LogP contribution is 2.41. The van der Waals surface area contributed by atoms with Crippen LogP contribution in [0.2, 0.25) is 0 Å². The first-order valence-corrected chi connectivity index (χ1v) is 7.05. The highest BCUT2D eigenvalue weighted by atomic mass is 15.3. The molecule has 2 unspecified atom stereocenters. The van der Waals surface area contributed by atoms with Crippen molar-refractivity contribution in [3.63, 3.8) is 0 Å². The summed E-state index contributed by atoms with van der Waals surface area (Å²) in [4.78, 5) is 0. The molecule has 0 aliphatic heterocycles. The number of nitrogens with zero attached hydrogens (tertiary/aromatic N) is 2. The molecule has 0 aromatic carbocycles. The zero-order valence-electron chi connectivity index (χ0n) is 12.7. The van der Waals surface area contributed by atoms with Gasteiger partial charge < -0.3 is 5.32 Å². The molecule has 3 nitrogen and oxygen atoms in total. The molecule has 102 valence electrons. The van der Waals surface area contributed by atoms with Crippen LogP contribution in [0.5, 0.6) is 0 Å². The quantitative estimate of drug-likeness (QED) is 0.872. The third-order valence-electron chi connectivity index (χ3n) is 4.73. The summed E-state index contributed by atoms with van der Waals surface area (Å²) in [6.07, 6.45) is 3.75. The van der Waals surface area contributed by atoms with Crippen molar-refractivity contribution in [3.8, 4) is 0 Å². The number of nitrogens with one attached hydrogen (secondary N) is 1. The van der Waals surface area contributed by atoms with Crippen LogP contribution in [0.25, 0.3) is 0 Å². The second-order valence-electron chi connectivity index (χ2n) is 6.61. The van der Waals surface area contributed by atoms with Crippen molar-refractivity contribution >= 4 is 0 Å². The minimum atomic E-state index is 0.429. The number of likely N-dealkylation sites (N-methyl/N-ethyl adjacent to an activating group) is 1. The zero-order chi connectivity index (χ0) is 13.5. The Hall–Kier alpha value is -0.830. The van der Waals surface area contributed by atoms with Crippen molar-refractivity contribution in [3.05, 3.63) is 17.0 Å². The summed E-state index contributed by atoms with van der Waals surface area (Å²) in [5.41, 5.74) is 4.27. The number of aromatic nitrogens is 2. The Morgan fingerprint density at radius 1 is 1.28 bits per heavy atom. The Labute approximate surface area is 111 Å². The first-order valence-electron chi connectivity index (χ1n) is 7.05. The smallest absolute Gasteiger partial charge is 0.0680 e. The van der Waals surface area contributed by atoms with E-state index in [1.165, 1.54) is 36.2 Å². The van der Waals surface area contributed by atoms with E-state index in [-0.39, 0.29) is 0 Å². The van der Waals surface area contributed by atoms with Crippen LogP contribution >= 0.6 is 0 Å². The molecular weight excluding hydrogens is 222 g/mol. The topological polar surface area (TPSA) is 29.9 Å². The van der Waals surface area contributed by atoms with Gasteiger partial charge in [-0.05, 0) is 58.1 Å². The molecule has 0 bridgehead atoms. The van der Waals surface area contributed by atoms with Crippen LogP contribution in [0.4, 0.5) is 0 Å². The summed E-state index contributed by atoms with van der Waals surface area (Å²) >= 11 is 0. The van der Waals surface area contributed by atoms with E-state index in [0.717, 1.165) is 0 Å². The molecule has 0 amide bonds. The summed E-state index contributed by atoms with van der Waals surface area (Å²) in [6.45, 7) is 11.2. The van der Waals surface area contributed by atoms with Crippen LogP contribution in [-0.2, 0) is 0 Å². The molecule has 2 atom stereocenters. The van der Waals surface area contributed by atoms with Crippen LogP contribution in [0.3, 0.4) is 0 Å². The molecule has 0 radical (unpaired) electrons. The summed E-state index contributed by atoms with van der Waals surface area (Å²) in [6, 6.07) is 1.04. The summed E-state index contributed by atoms with van der Waals surface area (Å²) in [5, 5.41) is 8.26. The van der Waals surface area contributed by atoms with Gasteiger partial charge in [0.25, 0.3) is 0 Å². The first-order chi connectivity index (χ1) is 8.35. The van der Waals surface area contributed by atoms with Crippen LogP contribution in [0, 0.1) is 26.2 Å². The predicted molar refractivity (Wildman–Crippen MR) is 76.0 cm³/mol. The van der Waals surface area contributed by atoms with Gasteiger partial charge in [-0.15, -0.1) is 0 Å². The highest BCUT2D eigenvalue weighted by molar-refractivity contribution is 5.23. The third kappa shape index (κ3) is 2.33. The molecule has 1 saturated carbocycles. The van der Waals surface area contributed by atoms with E-state index < -0.39 is 0 Å². The molecule has 0 spiro atoms. The fraction of sp³-hybridized carbons (Fsp3) is 0.800. The van der Waals surface area contributed by atoms with E-state index in [1.54, 1.807) is 0 Å². The van der Waals surface area contributed by atoms with Gasteiger partial charge in [0.15, 0.2) is 0 Å². The standard InChI is InChI=1S/C15H27N3/c1-10-11(2)17-18(12(10)3)14-9-15(4,5)8-7-13(14)16-6/h13-14,16H,7-9H2,1-6H3. The predicted octanol–water partition coefficient (Wildman–Crippen LogP) is 3.15. The van der Waals surface area contributed by atoms with Crippen molar-refractivity contribution in [1.29, 1.82) is 0 Å². The highest BCUT2D eigenvalue weighted by Gasteiger charge is 2.36. The molecule has 1 fully saturated rings. The minimum Gasteiger partial charge on any atom is -0.315 e. The van der Waals surface area contributed by atoms with Crippen LogP contribution < -0.4 is 5.32 Å². The van der Waals surface area contributed by atoms with Gasteiger partial charge in [-0.25, -0.2) is 0 Å². The summed E-state index contributed by atoms with van der Waals surface area (Å²) < 4.78 is 2.27. The van der Waals surface area contributed by atoms with Crippen molar-refractivity contribution < 1.29 is 0 Å². The lowest BCUT2D eigenvalue weighted by molar-refractivity contribution is 0.137. The molecule has 1 aromatic rings. The zero-order valence-corrected chi connectivity index (χ0v) is 12.7. The Morgan fingerprint density at radius 3 is 2.44 bits per heavy atom. The normalized spacial score (nSPS) is 27.4. The van der Waals surface area contributed by atoms with E-state index in [4.69, 9.17) is 5.10 Å². The lowest BCUT2D eigenvalue weighted by Crippen LogP contribution is -2.43. The molecule has 18 heavy (non-hydrogen) atoms. The maximum atomic E-state index is 4.77. The van der Waals surface area contributed by atoms with Gasteiger partial charge in [0.1, 0.15) is 0 Å². The van der Waals surface area contributed by atoms with Crippen LogP contribution in [-0.4, -0.2) is 22.9 Å². The lowest BCUT2D eigenvalue weighted by atomic mass is 9.73. The number of aryl methyl sites for hydroxylation is 1. The summed E-state index contributed by atoms with van der Waals surface area (Å²) in [7, 11) is 2.08. The summed E-state index contributed by atoms with van der Waals surface area (Å²) in [5.74, 6) is 0. The maximum absolute atomic E-state index is 4.77. The van der Waals surface area contributed by atoms with Gasteiger partial charge in [0, 0.05) is 11.7 Å². The van der Waals surface area contributed by atoms with Gasteiger partial charge in [0.05, 0.1) is 11.7 Å². The van der Waals surface area contributed by atoms with E-state index in [0.29, 0.717) is 17.5 Å². The molecule has 0 saturated heterocycles. The fourth-order valence-corrected chi connectivity index (χ4v) is 3.21. The van der Waals surface area contributed by atoms with E-state index in [2.05, 4.69) is 51.7 Å². The Balaban J connectivity index is 2.36. The monoisotopic (exact) mass is 249 g/mol. The lowest BCUT2D eigenvalue weighted by Gasteiger charge is -2.41. The molecule has 2 rings (SSSR count). The second kappa shape index (κ2) is 4.69. The van der Waals surface area contributed by atoms with Crippen molar-refractivity contribution in [2.24, 2.45) is 5.41 Å². The van der Waals surface area contributed by atoms with Gasteiger partial charge in [0.2, 0.25) is 0 Å². The number of hydrogen-bond donors (Lipinski definition) is 1. The van der Waals surface area contributed by atoms with Gasteiger partial charge in [-0.3, -0.25) is 4.68 Å². The average molecular weight is 249 g/mol. The SMILES string of the molecule is CNC1CCC(C)(C)CC1n1nc(C)c(C)c1C. The van der Waals surface area contributed by atoms with Crippen LogP contribution in [0.15, 0.2) is 0 Å². The Kier molecular flexibility index (Phi) is 3.54. The molecule has 1 heterocycles. The van der Waals surface area contributed by atoms with Crippen molar-refractivity contribution in [2.45, 2.75) is 66.0 Å². The van der Waals surface area contributed by atoms with Gasteiger partial charge in [-0.1, -0.05) is 13.8 Å². The second-order valence-corrected chi connectivity index (χ2v) is 6.61. The molecule has 1 N–H and O–H groups in total. The van der Waals surface area contributed by atoms with Crippen LogP contribution in [0.1, 0.15) is 56.1 Å². The van der Waals surface area contributed by atoms with E-state index >= 15 is 0 Å². The number of hydrogen-bond acceptors (Lipinski definition) is 2. The van der Waals surface area contributed by atoms with Gasteiger partial charge >= 0.3 is 0 Å². The average Bonchev–Trinajstić information content (AvgIpc) is 2.56. The first kappa shape index (κ1) is 13.6. The molecule has 3 heteroatoms. The van der Waals surface area contributed by atoms with Crippen molar-refractivity contribution in [1.82, 2.24) is 15.1 Å². The maximum Gasteiger partial charge on any atom is 0.0680 e.